The van der Waals surface area contributed by atoms with Crippen LogP contribution in [0.2, 0.25) is 6.04 Å². The lowest BCUT2D eigenvalue weighted by Gasteiger charge is -2.31. The number of benzene rings is 1. The second-order valence-corrected chi connectivity index (χ2v) is 9.30. The molecule has 0 amide bonds. The maximum atomic E-state index is 6.79. The summed E-state index contributed by atoms with van der Waals surface area (Å²) in [6, 6.07) is 11.7. The van der Waals surface area contributed by atoms with Crippen molar-refractivity contribution in [3.05, 3.63) is 42.1 Å². The first-order valence-electron chi connectivity index (χ1n) is 5.16. The molecule has 0 bridgehead atoms. The van der Waals surface area contributed by atoms with Crippen LogP contribution in [0.4, 0.5) is 0 Å². The van der Waals surface area contributed by atoms with Gasteiger partial charge in [0.15, 0.2) is 0 Å². The van der Waals surface area contributed by atoms with E-state index in [-0.39, 0.29) is 0 Å². The molecule has 1 aliphatic rings. The zero-order chi connectivity index (χ0) is 10.0. The van der Waals surface area contributed by atoms with Crippen LogP contribution in [0.25, 0.3) is 0 Å². The highest BCUT2D eigenvalue weighted by atomic mass is 35.6. The molecule has 0 aliphatic carbocycles. The number of halogens is 1. The summed E-state index contributed by atoms with van der Waals surface area (Å²) in [7, 11) is -1.84. The monoisotopic (exact) mass is 222 g/mol. The fourth-order valence-electron chi connectivity index (χ4n) is 2.13. The molecule has 0 saturated carbocycles. The van der Waals surface area contributed by atoms with E-state index in [1.807, 2.05) is 6.07 Å². The highest BCUT2D eigenvalue weighted by Gasteiger charge is 2.37. The summed E-state index contributed by atoms with van der Waals surface area (Å²) in [4.78, 5) is 0. The van der Waals surface area contributed by atoms with E-state index < -0.39 is 7.38 Å². The molecule has 1 aliphatic heterocycles. The number of rotatable bonds is 1. The lowest BCUT2D eigenvalue weighted by Crippen LogP contribution is -2.45. The lowest BCUT2D eigenvalue weighted by atomic mass is 10.2. The molecule has 1 aromatic rings. The van der Waals surface area contributed by atoms with Crippen LogP contribution in [0.3, 0.4) is 0 Å². The van der Waals surface area contributed by atoms with E-state index in [2.05, 4.69) is 30.8 Å². The first-order valence-corrected chi connectivity index (χ1v) is 8.38. The van der Waals surface area contributed by atoms with Gasteiger partial charge in [-0.05, 0) is 17.7 Å². The molecule has 1 heterocycles. The fraction of sp³-hybridized carbons (Fsp3) is 0.333. The van der Waals surface area contributed by atoms with E-state index in [1.54, 1.807) is 0 Å². The van der Waals surface area contributed by atoms with Gasteiger partial charge in [0.05, 0.1) is 0 Å². The highest BCUT2D eigenvalue weighted by Crippen LogP contribution is 2.33. The van der Waals surface area contributed by atoms with E-state index in [4.69, 9.17) is 11.1 Å². The minimum atomic E-state index is -1.84. The Bertz CT molecular complexity index is 333. The Morgan fingerprint density at radius 1 is 1.14 bits per heavy atom. The Balaban J connectivity index is 2.35. The van der Waals surface area contributed by atoms with Crippen molar-refractivity contribution >= 4 is 23.6 Å². The van der Waals surface area contributed by atoms with Crippen LogP contribution in [-0.4, -0.2) is 7.38 Å². The molecule has 0 radical (unpaired) electrons. The average molecular weight is 223 g/mol. The zero-order valence-corrected chi connectivity index (χ0v) is 10.1. The normalized spacial score (nSPS) is 27.6. The molecule has 2 rings (SSSR count). The van der Waals surface area contributed by atoms with Crippen molar-refractivity contribution in [2.75, 3.05) is 0 Å². The second-order valence-electron chi connectivity index (χ2n) is 3.98. The Morgan fingerprint density at radius 2 is 1.86 bits per heavy atom. The standard InChI is InChI=1S/C12H15ClSi/c1-11-7-5-6-10-14(11,13)12-8-3-2-4-9-12/h2-4,8-9H,1,5-7,10H2. The van der Waals surface area contributed by atoms with E-state index in [1.165, 1.54) is 23.2 Å². The van der Waals surface area contributed by atoms with Gasteiger partial charge in [-0.15, -0.1) is 6.58 Å². The highest BCUT2D eigenvalue weighted by molar-refractivity contribution is 7.31. The minimum Gasteiger partial charge on any atom is -0.155 e. The van der Waals surface area contributed by atoms with E-state index in [0.717, 1.165) is 12.5 Å². The van der Waals surface area contributed by atoms with Crippen molar-refractivity contribution in [2.45, 2.75) is 25.3 Å². The van der Waals surface area contributed by atoms with E-state index >= 15 is 0 Å². The van der Waals surface area contributed by atoms with Gasteiger partial charge in [-0.25, -0.2) is 0 Å². The van der Waals surface area contributed by atoms with Crippen molar-refractivity contribution in [1.29, 1.82) is 0 Å². The summed E-state index contributed by atoms with van der Waals surface area (Å²) in [5.74, 6) is 0. The number of hydrogen-bond donors (Lipinski definition) is 0. The maximum absolute atomic E-state index is 6.79. The summed E-state index contributed by atoms with van der Waals surface area (Å²) in [6.45, 7) is 4.17. The minimum absolute atomic E-state index is 1.13. The van der Waals surface area contributed by atoms with Crippen molar-refractivity contribution < 1.29 is 0 Å². The summed E-state index contributed by atoms with van der Waals surface area (Å²) in [5.41, 5.74) is 0. The number of hydrogen-bond acceptors (Lipinski definition) is 0. The predicted molar refractivity (Wildman–Crippen MR) is 65.5 cm³/mol. The predicted octanol–water partition coefficient (Wildman–Crippen LogP) is 3.36. The first kappa shape index (κ1) is 10.0. The quantitative estimate of drug-likeness (QED) is 0.505. The number of allylic oxidation sites excluding steroid dienone is 1. The third-order valence-electron chi connectivity index (χ3n) is 3.04. The van der Waals surface area contributed by atoms with Gasteiger partial charge in [0.25, 0.3) is 0 Å². The van der Waals surface area contributed by atoms with Crippen molar-refractivity contribution in [2.24, 2.45) is 0 Å². The van der Waals surface area contributed by atoms with Gasteiger partial charge < -0.3 is 0 Å². The van der Waals surface area contributed by atoms with Crippen LogP contribution in [-0.2, 0) is 0 Å². The van der Waals surface area contributed by atoms with Gasteiger partial charge in [0, 0.05) is 0 Å². The zero-order valence-electron chi connectivity index (χ0n) is 8.30. The molecule has 0 aromatic heterocycles. The summed E-state index contributed by atoms with van der Waals surface area (Å²) < 4.78 is 0. The molecule has 1 aromatic carbocycles. The Kier molecular flexibility index (Phi) is 2.80. The van der Waals surface area contributed by atoms with Crippen LogP contribution in [0.5, 0.6) is 0 Å². The van der Waals surface area contributed by atoms with Gasteiger partial charge in [0.1, 0.15) is 0 Å². The fourth-order valence-corrected chi connectivity index (χ4v) is 6.28. The van der Waals surface area contributed by atoms with Crippen LogP contribution in [0.1, 0.15) is 19.3 Å². The smallest absolute Gasteiger partial charge is 0.155 e. The average Bonchev–Trinajstić information content (AvgIpc) is 2.24. The van der Waals surface area contributed by atoms with Crippen LogP contribution < -0.4 is 5.19 Å². The SMILES string of the molecule is C=C1CCCC[Si]1(Cl)c1ccccc1. The third kappa shape index (κ3) is 1.67. The van der Waals surface area contributed by atoms with Crippen LogP contribution in [0, 0.1) is 0 Å². The topological polar surface area (TPSA) is 0 Å². The second kappa shape index (κ2) is 3.91. The molecular weight excluding hydrogens is 208 g/mol. The molecule has 2 heteroatoms. The molecular formula is C12H15ClSi. The van der Waals surface area contributed by atoms with Gasteiger partial charge in [-0.1, -0.05) is 48.4 Å². The summed E-state index contributed by atoms with van der Waals surface area (Å²) in [5, 5.41) is 2.66. The Morgan fingerprint density at radius 3 is 2.50 bits per heavy atom. The molecule has 0 spiro atoms. The van der Waals surface area contributed by atoms with Gasteiger partial charge in [-0.3, -0.25) is 0 Å². The molecule has 0 nitrogen and oxygen atoms in total. The van der Waals surface area contributed by atoms with Crippen LogP contribution >= 0.6 is 11.1 Å². The van der Waals surface area contributed by atoms with E-state index in [9.17, 15) is 0 Å². The molecule has 1 saturated heterocycles. The van der Waals surface area contributed by atoms with Crippen molar-refractivity contribution in [3.63, 3.8) is 0 Å². The molecule has 1 unspecified atom stereocenters. The Labute approximate surface area is 91.3 Å². The summed E-state index contributed by atoms with van der Waals surface area (Å²) in [6.07, 6.45) is 3.67. The van der Waals surface area contributed by atoms with Gasteiger partial charge in [0.2, 0.25) is 7.38 Å². The van der Waals surface area contributed by atoms with E-state index in [0.29, 0.717) is 0 Å². The lowest BCUT2D eigenvalue weighted by molar-refractivity contribution is 0.771. The van der Waals surface area contributed by atoms with Crippen LogP contribution in [0.15, 0.2) is 42.1 Å². The largest absolute Gasteiger partial charge is 0.212 e. The third-order valence-corrected chi connectivity index (χ3v) is 8.73. The molecule has 1 fully saturated rings. The van der Waals surface area contributed by atoms with Gasteiger partial charge in [-0.2, -0.15) is 11.1 Å². The molecule has 0 N–H and O–H groups in total. The van der Waals surface area contributed by atoms with Crippen molar-refractivity contribution in [3.8, 4) is 0 Å². The molecule has 74 valence electrons. The molecule has 1 atom stereocenters. The summed E-state index contributed by atoms with van der Waals surface area (Å²) >= 11 is 6.79. The maximum Gasteiger partial charge on any atom is 0.212 e. The first-order chi connectivity index (χ1) is 6.73. The molecule has 14 heavy (non-hydrogen) atoms. The van der Waals surface area contributed by atoms with Crippen molar-refractivity contribution in [1.82, 2.24) is 0 Å². The Hall–Kier alpha value is -0.533. The van der Waals surface area contributed by atoms with Gasteiger partial charge >= 0.3 is 0 Å².